The molecule has 2 fully saturated rings. The van der Waals surface area contributed by atoms with E-state index in [1.807, 2.05) is 29.2 Å². The van der Waals surface area contributed by atoms with Crippen molar-refractivity contribution >= 4 is 22.8 Å². The lowest BCUT2D eigenvalue weighted by Crippen LogP contribution is -2.51. The Morgan fingerprint density at radius 2 is 1.59 bits per heavy atom. The number of nitrogens with one attached hydrogen (secondary N) is 1. The van der Waals surface area contributed by atoms with Crippen LogP contribution in [0.1, 0.15) is 44.9 Å². The summed E-state index contributed by atoms with van der Waals surface area (Å²) in [6, 6.07) is 7.38. The second-order valence-electron chi connectivity index (χ2n) is 8.34. The monoisotopic (exact) mass is 398 g/mol. The average Bonchev–Trinajstić information content (AvgIpc) is 3.08. The van der Waals surface area contributed by atoms with Crippen LogP contribution in [0.3, 0.4) is 0 Å². The molecule has 1 saturated heterocycles. The van der Waals surface area contributed by atoms with E-state index in [9.17, 15) is 14.4 Å². The van der Waals surface area contributed by atoms with Crippen molar-refractivity contribution < 1.29 is 9.59 Å². The normalized spacial score (nSPS) is 18.3. The summed E-state index contributed by atoms with van der Waals surface area (Å²) < 4.78 is 1.49. The fourth-order valence-electron chi connectivity index (χ4n) is 4.67. The highest BCUT2D eigenvalue weighted by Gasteiger charge is 2.25. The first-order valence-corrected chi connectivity index (χ1v) is 10.8. The number of aromatic amines is 1. The summed E-state index contributed by atoms with van der Waals surface area (Å²) >= 11 is 0. The lowest BCUT2D eigenvalue weighted by molar-refractivity contribution is -0.140. The zero-order valence-corrected chi connectivity index (χ0v) is 16.9. The van der Waals surface area contributed by atoms with Crippen LogP contribution in [0.4, 0.5) is 0 Å². The van der Waals surface area contributed by atoms with Gasteiger partial charge in [-0.2, -0.15) is 0 Å². The number of imidazole rings is 1. The minimum absolute atomic E-state index is 0.0263. The summed E-state index contributed by atoms with van der Waals surface area (Å²) in [5.74, 6) is 0.853. The van der Waals surface area contributed by atoms with Gasteiger partial charge in [0.15, 0.2) is 0 Å². The smallest absolute Gasteiger partial charge is 0.326 e. The third-order valence-electron chi connectivity index (χ3n) is 6.45. The molecule has 1 saturated carbocycles. The van der Waals surface area contributed by atoms with Crippen LogP contribution in [0.25, 0.3) is 11.0 Å². The first-order chi connectivity index (χ1) is 14.1. The summed E-state index contributed by atoms with van der Waals surface area (Å²) in [5.41, 5.74) is 1.21. The van der Waals surface area contributed by atoms with E-state index in [4.69, 9.17) is 0 Å². The predicted octanol–water partition coefficient (Wildman–Crippen LogP) is 2.36. The van der Waals surface area contributed by atoms with Gasteiger partial charge in [0, 0.05) is 32.6 Å². The number of nitrogens with zero attached hydrogens (tertiary/aromatic N) is 3. The maximum Gasteiger partial charge on any atom is 0.326 e. The van der Waals surface area contributed by atoms with Gasteiger partial charge in [0.1, 0.15) is 6.54 Å². The summed E-state index contributed by atoms with van der Waals surface area (Å²) in [5, 5.41) is 0. The quantitative estimate of drug-likeness (QED) is 0.840. The number of para-hydroxylation sites is 2. The molecule has 0 unspecified atom stereocenters. The molecule has 156 valence electrons. The van der Waals surface area contributed by atoms with Gasteiger partial charge in [-0.05, 0) is 24.5 Å². The van der Waals surface area contributed by atoms with Crippen molar-refractivity contribution in [1.29, 1.82) is 0 Å². The number of carbonyl (C=O) groups excluding carboxylic acids is 2. The summed E-state index contributed by atoms with van der Waals surface area (Å²) in [6.07, 6.45) is 8.11. The average molecular weight is 399 g/mol. The third-order valence-corrected chi connectivity index (χ3v) is 6.45. The van der Waals surface area contributed by atoms with Crippen LogP contribution in [0.5, 0.6) is 0 Å². The molecule has 0 bridgehead atoms. The molecule has 2 aliphatic rings. The highest BCUT2D eigenvalue weighted by molar-refractivity contribution is 5.81. The van der Waals surface area contributed by atoms with Crippen molar-refractivity contribution in [3.63, 3.8) is 0 Å². The molecular weight excluding hydrogens is 368 g/mol. The number of amides is 2. The maximum atomic E-state index is 12.7. The van der Waals surface area contributed by atoms with Crippen LogP contribution in [-0.4, -0.2) is 57.3 Å². The van der Waals surface area contributed by atoms with Gasteiger partial charge in [-0.15, -0.1) is 0 Å². The summed E-state index contributed by atoms with van der Waals surface area (Å²) in [6.45, 7) is 2.25. The molecule has 7 nitrogen and oxygen atoms in total. The van der Waals surface area contributed by atoms with E-state index < -0.39 is 0 Å². The van der Waals surface area contributed by atoms with Crippen LogP contribution in [0, 0.1) is 5.92 Å². The Bertz CT molecular complexity index is 918. The van der Waals surface area contributed by atoms with E-state index in [-0.39, 0.29) is 24.0 Å². The number of benzene rings is 1. The Hall–Kier alpha value is -2.57. The number of aromatic nitrogens is 2. The zero-order chi connectivity index (χ0) is 20.2. The van der Waals surface area contributed by atoms with Gasteiger partial charge in [-0.1, -0.05) is 44.2 Å². The Labute approximate surface area is 170 Å². The van der Waals surface area contributed by atoms with E-state index in [1.54, 1.807) is 4.90 Å². The fourth-order valence-corrected chi connectivity index (χ4v) is 4.67. The zero-order valence-electron chi connectivity index (χ0n) is 16.9. The van der Waals surface area contributed by atoms with Crippen molar-refractivity contribution in [2.24, 2.45) is 5.92 Å². The van der Waals surface area contributed by atoms with E-state index in [1.165, 1.54) is 36.7 Å². The highest BCUT2D eigenvalue weighted by atomic mass is 16.2. The molecule has 1 aromatic heterocycles. The van der Waals surface area contributed by atoms with Gasteiger partial charge in [0.05, 0.1) is 11.0 Å². The van der Waals surface area contributed by atoms with Crippen LogP contribution in [-0.2, 0) is 16.1 Å². The molecule has 2 heterocycles. The lowest BCUT2D eigenvalue weighted by Gasteiger charge is -2.35. The van der Waals surface area contributed by atoms with Crippen LogP contribution < -0.4 is 5.69 Å². The highest BCUT2D eigenvalue weighted by Crippen LogP contribution is 2.27. The van der Waals surface area contributed by atoms with Crippen molar-refractivity contribution in [2.45, 2.75) is 51.5 Å². The Kier molecular flexibility index (Phi) is 6.02. The maximum absolute atomic E-state index is 12.7. The number of H-pyrrole nitrogens is 1. The van der Waals surface area contributed by atoms with Gasteiger partial charge in [-0.3, -0.25) is 14.2 Å². The topological polar surface area (TPSA) is 78.4 Å². The van der Waals surface area contributed by atoms with Gasteiger partial charge >= 0.3 is 5.69 Å². The van der Waals surface area contributed by atoms with E-state index in [2.05, 4.69) is 4.98 Å². The minimum Gasteiger partial charge on any atom is -0.339 e. The Morgan fingerprint density at radius 3 is 2.31 bits per heavy atom. The fraction of sp³-hybridized carbons (Fsp3) is 0.591. The molecule has 0 atom stereocenters. The number of hydrogen-bond donors (Lipinski definition) is 1. The number of piperazine rings is 1. The largest absolute Gasteiger partial charge is 0.339 e. The third kappa shape index (κ3) is 4.54. The molecule has 2 aromatic rings. The van der Waals surface area contributed by atoms with E-state index in [0.29, 0.717) is 38.5 Å². The molecule has 0 radical (unpaired) electrons. The molecule has 29 heavy (non-hydrogen) atoms. The second-order valence-corrected chi connectivity index (χ2v) is 8.34. The van der Waals surface area contributed by atoms with Crippen LogP contribution >= 0.6 is 0 Å². The molecule has 1 N–H and O–H groups in total. The standard InChI is InChI=1S/C22H30N4O3/c27-20(11-10-17-6-2-1-3-7-17)24-12-14-25(15-13-24)21(28)16-26-19-9-5-4-8-18(19)23-22(26)29/h4-5,8-9,17H,1-3,6-7,10-16H2,(H,23,29). The van der Waals surface area contributed by atoms with Crippen LogP contribution in [0.15, 0.2) is 29.1 Å². The van der Waals surface area contributed by atoms with Crippen molar-refractivity contribution in [3.05, 3.63) is 34.7 Å². The van der Waals surface area contributed by atoms with Gasteiger partial charge in [-0.25, -0.2) is 4.79 Å². The summed E-state index contributed by atoms with van der Waals surface area (Å²) in [4.78, 5) is 43.9. The van der Waals surface area contributed by atoms with Crippen molar-refractivity contribution in [1.82, 2.24) is 19.4 Å². The molecule has 7 heteroatoms. The number of carbonyl (C=O) groups is 2. The van der Waals surface area contributed by atoms with E-state index in [0.717, 1.165) is 17.5 Å². The molecule has 2 amide bonds. The summed E-state index contributed by atoms with van der Waals surface area (Å²) in [7, 11) is 0. The molecule has 0 spiro atoms. The van der Waals surface area contributed by atoms with Crippen molar-refractivity contribution in [2.75, 3.05) is 26.2 Å². The molecule has 1 aliphatic carbocycles. The van der Waals surface area contributed by atoms with E-state index >= 15 is 0 Å². The SMILES string of the molecule is O=C(CCC1CCCCC1)N1CCN(C(=O)Cn2c(=O)[nH]c3ccccc32)CC1. The second kappa shape index (κ2) is 8.84. The van der Waals surface area contributed by atoms with Gasteiger partial charge in [0.25, 0.3) is 0 Å². The molecule has 1 aromatic carbocycles. The van der Waals surface area contributed by atoms with Crippen molar-refractivity contribution in [3.8, 4) is 0 Å². The number of hydrogen-bond acceptors (Lipinski definition) is 3. The molecule has 1 aliphatic heterocycles. The van der Waals surface area contributed by atoms with Gasteiger partial charge in [0.2, 0.25) is 11.8 Å². The van der Waals surface area contributed by atoms with Gasteiger partial charge < -0.3 is 14.8 Å². The minimum atomic E-state index is -0.268. The molecular formula is C22H30N4O3. The number of fused-ring (bicyclic) bond motifs is 1. The number of rotatable bonds is 5. The lowest BCUT2D eigenvalue weighted by atomic mass is 9.86. The predicted molar refractivity (Wildman–Crippen MR) is 112 cm³/mol. The van der Waals surface area contributed by atoms with Crippen LogP contribution in [0.2, 0.25) is 0 Å². The first kappa shape index (κ1) is 19.7. The Morgan fingerprint density at radius 1 is 0.931 bits per heavy atom. The molecule has 4 rings (SSSR count). The first-order valence-electron chi connectivity index (χ1n) is 10.8. The Balaban J connectivity index is 1.27.